The third-order valence-electron chi connectivity index (χ3n) is 3.55. The molecular formula is C14H16N2O2. The molecule has 1 fully saturated rings. The third kappa shape index (κ3) is 1.82. The summed E-state index contributed by atoms with van der Waals surface area (Å²) in [6.45, 7) is 3.42. The predicted molar refractivity (Wildman–Crippen MR) is 69.9 cm³/mol. The molecule has 4 heteroatoms. The van der Waals surface area contributed by atoms with Crippen molar-refractivity contribution in [3.63, 3.8) is 0 Å². The predicted octanol–water partition coefficient (Wildman–Crippen LogP) is 1.92. The van der Waals surface area contributed by atoms with E-state index in [1.54, 1.807) is 10.9 Å². The first-order valence-corrected chi connectivity index (χ1v) is 6.37. The van der Waals surface area contributed by atoms with E-state index in [4.69, 9.17) is 4.74 Å². The lowest BCUT2D eigenvalue weighted by molar-refractivity contribution is 0.186. The molecule has 0 aliphatic carbocycles. The number of benzene rings is 1. The Balaban J connectivity index is 2.17. The lowest BCUT2D eigenvalue weighted by atomic mass is 10.1. The van der Waals surface area contributed by atoms with Crippen LogP contribution in [-0.4, -0.2) is 22.8 Å². The minimum absolute atomic E-state index is 0.0470. The molecule has 0 unspecified atom stereocenters. The number of hydrogen-bond acceptors (Lipinski definition) is 3. The van der Waals surface area contributed by atoms with Gasteiger partial charge in [0, 0.05) is 6.61 Å². The Morgan fingerprint density at radius 1 is 1.50 bits per heavy atom. The molecule has 18 heavy (non-hydrogen) atoms. The standard InChI is InChI=1S/C14H16N2O2/c1-2-10-3-4-13-12(7-10)14(17)16(9-15-13)11-5-6-18-8-11/h3-4,7,9,11H,2,5-6,8H2,1H3/t11-/m0/s1. The minimum atomic E-state index is 0.0470. The van der Waals surface area contributed by atoms with E-state index < -0.39 is 0 Å². The maximum Gasteiger partial charge on any atom is 0.261 e. The Morgan fingerprint density at radius 3 is 3.11 bits per heavy atom. The molecule has 94 valence electrons. The van der Waals surface area contributed by atoms with Gasteiger partial charge in [-0.15, -0.1) is 0 Å². The van der Waals surface area contributed by atoms with Gasteiger partial charge in [-0.05, 0) is 30.5 Å². The Bertz CT molecular complexity index is 627. The number of aromatic nitrogens is 2. The van der Waals surface area contributed by atoms with E-state index in [2.05, 4.69) is 11.9 Å². The van der Waals surface area contributed by atoms with E-state index in [-0.39, 0.29) is 11.6 Å². The highest BCUT2D eigenvalue weighted by atomic mass is 16.5. The molecule has 1 aromatic heterocycles. The van der Waals surface area contributed by atoms with E-state index in [1.807, 2.05) is 18.2 Å². The molecule has 1 aromatic carbocycles. The van der Waals surface area contributed by atoms with Gasteiger partial charge in [0.25, 0.3) is 5.56 Å². The first kappa shape index (κ1) is 11.4. The van der Waals surface area contributed by atoms with Crippen LogP contribution in [0.25, 0.3) is 10.9 Å². The molecule has 1 saturated heterocycles. The smallest absolute Gasteiger partial charge is 0.261 e. The molecule has 1 aliphatic heterocycles. The van der Waals surface area contributed by atoms with Crippen molar-refractivity contribution < 1.29 is 4.74 Å². The molecule has 2 aromatic rings. The summed E-state index contributed by atoms with van der Waals surface area (Å²) in [5, 5.41) is 0.712. The molecule has 1 aliphatic rings. The molecule has 3 rings (SSSR count). The van der Waals surface area contributed by atoms with Gasteiger partial charge in [0.1, 0.15) is 0 Å². The maximum absolute atomic E-state index is 12.5. The van der Waals surface area contributed by atoms with Gasteiger partial charge in [-0.3, -0.25) is 9.36 Å². The number of fused-ring (bicyclic) bond motifs is 1. The van der Waals surface area contributed by atoms with Crippen molar-refractivity contribution in [2.24, 2.45) is 0 Å². The first-order chi connectivity index (χ1) is 8.79. The largest absolute Gasteiger partial charge is 0.379 e. The van der Waals surface area contributed by atoms with Crippen LogP contribution < -0.4 is 5.56 Å². The highest BCUT2D eigenvalue weighted by Gasteiger charge is 2.19. The second-order valence-electron chi connectivity index (χ2n) is 4.68. The molecular weight excluding hydrogens is 228 g/mol. The SMILES string of the molecule is CCc1ccc2ncn([C@H]3CCOC3)c(=O)c2c1. The van der Waals surface area contributed by atoms with Crippen LogP contribution in [0, 0.1) is 0 Å². The van der Waals surface area contributed by atoms with Crippen molar-refractivity contribution >= 4 is 10.9 Å². The summed E-state index contributed by atoms with van der Waals surface area (Å²) in [4.78, 5) is 16.8. The number of rotatable bonds is 2. The normalized spacial score (nSPS) is 19.5. The topological polar surface area (TPSA) is 44.1 Å². The summed E-state index contributed by atoms with van der Waals surface area (Å²) >= 11 is 0. The Morgan fingerprint density at radius 2 is 2.39 bits per heavy atom. The van der Waals surface area contributed by atoms with Crippen LogP contribution in [0.4, 0.5) is 0 Å². The lowest BCUT2D eigenvalue weighted by Gasteiger charge is -2.12. The zero-order chi connectivity index (χ0) is 12.5. The van der Waals surface area contributed by atoms with Gasteiger partial charge in [0.2, 0.25) is 0 Å². The van der Waals surface area contributed by atoms with Crippen LogP contribution in [0.3, 0.4) is 0 Å². The maximum atomic E-state index is 12.5. The van der Waals surface area contributed by atoms with E-state index in [1.165, 1.54) is 5.56 Å². The fraction of sp³-hybridized carbons (Fsp3) is 0.429. The number of hydrogen-bond donors (Lipinski definition) is 0. The molecule has 0 N–H and O–H groups in total. The molecule has 0 spiro atoms. The first-order valence-electron chi connectivity index (χ1n) is 6.37. The van der Waals surface area contributed by atoms with Gasteiger partial charge in [-0.25, -0.2) is 4.98 Å². The second kappa shape index (κ2) is 4.53. The van der Waals surface area contributed by atoms with Crippen molar-refractivity contribution in [2.45, 2.75) is 25.8 Å². The zero-order valence-electron chi connectivity index (χ0n) is 10.4. The van der Waals surface area contributed by atoms with Gasteiger partial charge in [0.15, 0.2) is 0 Å². The molecule has 1 atom stereocenters. The monoisotopic (exact) mass is 244 g/mol. The van der Waals surface area contributed by atoms with Crippen LogP contribution >= 0.6 is 0 Å². The molecule has 4 nitrogen and oxygen atoms in total. The number of ether oxygens (including phenoxy) is 1. The second-order valence-corrected chi connectivity index (χ2v) is 4.68. The summed E-state index contributed by atoms with van der Waals surface area (Å²) in [6.07, 6.45) is 3.47. The Kier molecular flexibility index (Phi) is 2.88. The molecule has 0 saturated carbocycles. The van der Waals surface area contributed by atoms with E-state index in [9.17, 15) is 4.79 Å². The summed E-state index contributed by atoms with van der Waals surface area (Å²) in [5.74, 6) is 0. The highest BCUT2D eigenvalue weighted by Crippen LogP contribution is 2.18. The average molecular weight is 244 g/mol. The summed E-state index contributed by atoms with van der Waals surface area (Å²) in [5.41, 5.74) is 1.99. The van der Waals surface area contributed by atoms with Gasteiger partial charge in [-0.2, -0.15) is 0 Å². The van der Waals surface area contributed by atoms with Crippen molar-refractivity contribution in [3.8, 4) is 0 Å². The Labute approximate surface area is 105 Å². The van der Waals surface area contributed by atoms with Gasteiger partial charge >= 0.3 is 0 Å². The third-order valence-corrected chi connectivity index (χ3v) is 3.55. The van der Waals surface area contributed by atoms with Crippen LogP contribution in [0.15, 0.2) is 29.3 Å². The van der Waals surface area contributed by atoms with E-state index in [0.29, 0.717) is 12.0 Å². The van der Waals surface area contributed by atoms with Gasteiger partial charge in [-0.1, -0.05) is 13.0 Å². The van der Waals surface area contributed by atoms with Crippen LogP contribution in [0.5, 0.6) is 0 Å². The van der Waals surface area contributed by atoms with Gasteiger partial charge < -0.3 is 4.74 Å². The number of aryl methyl sites for hydroxylation is 1. The van der Waals surface area contributed by atoms with E-state index in [0.717, 1.165) is 25.0 Å². The van der Waals surface area contributed by atoms with Crippen molar-refractivity contribution in [3.05, 3.63) is 40.4 Å². The average Bonchev–Trinajstić information content (AvgIpc) is 2.93. The summed E-state index contributed by atoms with van der Waals surface area (Å²) < 4.78 is 7.05. The molecule has 0 amide bonds. The molecule has 2 heterocycles. The molecule has 0 radical (unpaired) electrons. The van der Waals surface area contributed by atoms with Crippen molar-refractivity contribution in [1.82, 2.24) is 9.55 Å². The van der Waals surface area contributed by atoms with Crippen LogP contribution in [0.2, 0.25) is 0 Å². The van der Waals surface area contributed by atoms with Crippen LogP contribution in [0.1, 0.15) is 24.9 Å². The minimum Gasteiger partial charge on any atom is -0.379 e. The Hall–Kier alpha value is -1.68. The van der Waals surface area contributed by atoms with Crippen molar-refractivity contribution in [1.29, 1.82) is 0 Å². The zero-order valence-corrected chi connectivity index (χ0v) is 10.4. The van der Waals surface area contributed by atoms with Crippen molar-refractivity contribution in [2.75, 3.05) is 13.2 Å². The fourth-order valence-corrected chi connectivity index (χ4v) is 2.40. The van der Waals surface area contributed by atoms with Gasteiger partial charge in [0.05, 0.1) is 29.9 Å². The highest BCUT2D eigenvalue weighted by molar-refractivity contribution is 5.78. The quantitative estimate of drug-likeness (QED) is 0.810. The van der Waals surface area contributed by atoms with Crippen LogP contribution in [-0.2, 0) is 11.2 Å². The molecule has 0 bridgehead atoms. The summed E-state index contributed by atoms with van der Waals surface area (Å²) in [7, 11) is 0. The number of nitrogens with zero attached hydrogens (tertiary/aromatic N) is 2. The fourth-order valence-electron chi connectivity index (χ4n) is 2.40. The summed E-state index contributed by atoms with van der Waals surface area (Å²) in [6, 6.07) is 6.04. The lowest BCUT2D eigenvalue weighted by Crippen LogP contribution is -2.25. The van der Waals surface area contributed by atoms with E-state index >= 15 is 0 Å².